The van der Waals surface area contributed by atoms with E-state index in [1.807, 2.05) is 37.6 Å². The van der Waals surface area contributed by atoms with Crippen LogP contribution in [0.2, 0.25) is 0 Å². The molecule has 1 N–H and O–H groups in total. The molecule has 1 aromatic carbocycles. The van der Waals surface area contributed by atoms with Gasteiger partial charge in [-0.1, -0.05) is 0 Å². The fourth-order valence-corrected chi connectivity index (χ4v) is 5.95. The van der Waals surface area contributed by atoms with Crippen LogP contribution in [0.3, 0.4) is 0 Å². The number of anilines is 3. The van der Waals surface area contributed by atoms with E-state index in [1.54, 1.807) is 6.07 Å². The van der Waals surface area contributed by atoms with Gasteiger partial charge >= 0.3 is 0 Å². The third-order valence-electron chi connectivity index (χ3n) is 7.44. The lowest BCUT2D eigenvalue weighted by atomic mass is 10.0. The number of pyridine rings is 1. The number of nitrogens with zero attached hydrogens (tertiary/aromatic N) is 6. The van der Waals surface area contributed by atoms with Crippen LogP contribution in [0, 0.1) is 18.6 Å². The molecule has 0 radical (unpaired) electrons. The summed E-state index contributed by atoms with van der Waals surface area (Å²) in [6.45, 7) is 5.83. The van der Waals surface area contributed by atoms with Crippen molar-refractivity contribution in [1.82, 2.24) is 24.5 Å². The highest BCUT2D eigenvalue weighted by Gasteiger charge is 2.36. The summed E-state index contributed by atoms with van der Waals surface area (Å²) in [4.78, 5) is 19.9. The minimum absolute atomic E-state index is 0.0176. The van der Waals surface area contributed by atoms with Crippen molar-refractivity contribution in [2.24, 2.45) is 0 Å². The summed E-state index contributed by atoms with van der Waals surface area (Å²) in [5, 5.41) is 3.07. The Morgan fingerprint density at radius 1 is 0.944 bits per heavy atom. The third-order valence-corrected chi connectivity index (χ3v) is 7.44. The molecule has 6 rings (SSSR count). The number of fused-ring (bicyclic) bond motifs is 3. The summed E-state index contributed by atoms with van der Waals surface area (Å²) < 4.78 is 31.7. The standard InChI is InChI=1S/C27H29F2N7/c1-15(2)35-16(3)32-26-21(28)11-17(12-23(26)35)25-22(29)14-31-27(34-25)33-24-10-9-20(13-30-24)36-18-5-4-6-19(36)8-7-18/h9-15,18-19H,4-8H2,1-3H3,(H,30,31,33,34). The van der Waals surface area contributed by atoms with Gasteiger partial charge in [0.1, 0.15) is 22.9 Å². The van der Waals surface area contributed by atoms with Crippen LogP contribution in [0.5, 0.6) is 0 Å². The first-order chi connectivity index (χ1) is 17.4. The van der Waals surface area contributed by atoms with Crippen molar-refractivity contribution in [2.45, 2.75) is 71.0 Å². The van der Waals surface area contributed by atoms with E-state index >= 15 is 0 Å². The molecule has 2 unspecified atom stereocenters. The Labute approximate surface area is 208 Å². The lowest BCUT2D eigenvalue weighted by Gasteiger charge is -2.36. The molecular weight excluding hydrogens is 460 g/mol. The van der Waals surface area contributed by atoms with Crippen LogP contribution in [-0.4, -0.2) is 36.6 Å². The topological polar surface area (TPSA) is 71.8 Å². The zero-order chi connectivity index (χ0) is 25.0. The maximum atomic E-state index is 14.9. The quantitative estimate of drug-likeness (QED) is 0.354. The van der Waals surface area contributed by atoms with Gasteiger partial charge in [0.05, 0.1) is 23.6 Å². The van der Waals surface area contributed by atoms with Crippen LogP contribution >= 0.6 is 0 Å². The van der Waals surface area contributed by atoms with Gasteiger partial charge in [-0.25, -0.2) is 28.7 Å². The average Bonchev–Trinajstić information content (AvgIpc) is 3.32. The normalized spacial score (nSPS) is 19.4. The molecule has 2 bridgehead atoms. The van der Waals surface area contributed by atoms with E-state index in [2.05, 4.69) is 36.2 Å². The summed E-state index contributed by atoms with van der Waals surface area (Å²) >= 11 is 0. The van der Waals surface area contributed by atoms with Crippen LogP contribution in [0.25, 0.3) is 22.3 Å². The van der Waals surface area contributed by atoms with Crippen LogP contribution in [0.4, 0.5) is 26.2 Å². The Bertz CT molecular complexity index is 1410. The van der Waals surface area contributed by atoms with Crippen molar-refractivity contribution in [1.29, 1.82) is 0 Å². The SMILES string of the molecule is Cc1nc2c(F)cc(-c3nc(Nc4ccc(N5C6CCCC5CC6)cn4)ncc3F)cc2n1C(C)C. The maximum absolute atomic E-state index is 14.9. The van der Waals surface area contributed by atoms with Gasteiger partial charge in [0, 0.05) is 23.7 Å². The van der Waals surface area contributed by atoms with Gasteiger partial charge in [-0.3, -0.25) is 0 Å². The third kappa shape index (κ3) is 3.86. The molecule has 36 heavy (non-hydrogen) atoms. The van der Waals surface area contributed by atoms with Crippen molar-refractivity contribution in [2.75, 3.05) is 10.2 Å². The van der Waals surface area contributed by atoms with Crippen LogP contribution in [-0.2, 0) is 0 Å². The molecule has 0 amide bonds. The summed E-state index contributed by atoms with van der Waals surface area (Å²) in [7, 11) is 0. The Kier molecular flexibility index (Phi) is 5.58. The largest absolute Gasteiger partial charge is 0.364 e. The second-order valence-electron chi connectivity index (χ2n) is 10.1. The molecule has 2 atom stereocenters. The van der Waals surface area contributed by atoms with Crippen LogP contribution in [0.15, 0.2) is 36.7 Å². The predicted molar refractivity (Wildman–Crippen MR) is 136 cm³/mol. The molecular formula is C27H29F2N7. The number of piperidine rings is 1. The van der Waals surface area contributed by atoms with Crippen molar-refractivity contribution in [3.63, 3.8) is 0 Å². The fourth-order valence-electron chi connectivity index (χ4n) is 5.95. The Hall–Kier alpha value is -3.62. The number of halogens is 2. The van der Waals surface area contributed by atoms with E-state index in [0.717, 1.165) is 11.9 Å². The number of rotatable bonds is 5. The minimum atomic E-state index is -0.629. The Balaban J connectivity index is 1.29. The number of hydrogen-bond donors (Lipinski definition) is 1. The van der Waals surface area contributed by atoms with Crippen LogP contribution < -0.4 is 10.2 Å². The number of aryl methyl sites for hydroxylation is 1. The van der Waals surface area contributed by atoms with E-state index < -0.39 is 11.6 Å². The molecule has 9 heteroatoms. The first-order valence-electron chi connectivity index (χ1n) is 12.6. The molecule has 2 saturated heterocycles. The summed E-state index contributed by atoms with van der Waals surface area (Å²) in [5.41, 5.74) is 2.35. The second kappa shape index (κ2) is 8.80. The highest BCUT2D eigenvalue weighted by molar-refractivity contribution is 5.83. The molecule has 2 aliphatic rings. The van der Waals surface area contributed by atoms with Crippen LogP contribution in [0.1, 0.15) is 57.8 Å². The number of nitrogens with one attached hydrogen (secondary N) is 1. The van der Waals surface area contributed by atoms with Gasteiger partial charge in [0.15, 0.2) is 11.6 Å². The van der Waals surface area contributed by atoms with Crippen molar-refractivity contribution in [3.05, 3.63) is 54.1 Å². The zero-order valence-electron chi connectivity index (χ0n) is 20.7. The van der Waals surface area contributed by atoms with Gasteiger partial charge in [-0.05, 0) is 77.1 Å². The van der Waals surface area contributed by atoms with E-state index in [0.29, 0.717) is 34.8 Å². The Morgan fingerprint density at radius 2 is 1.72 bits per heavy atom. The minimum Gasteiger partial charge on any atom is -0.364 e. The summed E-state index contributed by atoms with van der Waals surface area (Å²) in [6, 6.07) is 8.26. The first-order valence-corrected chi connectivity index (χ1v) is 12.6. The molecule has 0 aliphatic carbocycles. The lowest BCUT2D eigenvalue weighted by molar-refractivity contribution is 0.468. The van der Waals surface area contributed by atoms with Crippen molar-refractivity contribution in [3.8, 4) is 11.3 Å². The van der Waals surface area contributed by atoms with Gasteiger partial charge in [0.2, 0.25) is 5.95 Å². The Morgan fingerprint density at radius 3 is 2.42 bits per heavy atom. The summed E-state index contributed by atoms with van der Waals surface area (Å²) in [6.07, 6.45) is 9.26. The van der Waals surface area contributed by atoms with Gasteiger partial charge in [-0.2, -0.15) is 0 Å². The number of hydrogen-bond acceptors (Lipinski definition) is 6. The fraction of sp³-hybridized carbons (Fsp3) is 0.407. The second-order valence-corrected chi connectivity index (χ2v) is 10.1. The van der Waals surface area contributed by atoms with E-state index in [4.69, 9.17) is 0 Å². The van der Waals surface area contributed by atoms with Crippen molar-refractivity contribution >= 4 is 28.5 Å². The van der Waals surface area contributed by atoms with Gasteiger partial charge < -0.3 is 14.8 Å². The summed E-state index contributed by atoms with van der Waals surface area (Å²) in [5.74, 6) is 0.320. The molecule has 0 saturated carbocycles. The monoisotopic (exact) mass is 489 g/mol. The predicted octanol–water partition coefficient (Wildman–Crippen LogP) is 6.32. The highest BCUT2D eigenvalue weighted by atomic mass is 19.1. The molecule has 3 aromatic heterocycles. The molecule has 7 nitrogen and oxygen atoms in total. The van der Waals surface area contributed by atoms with E-state index in [-0.39, 0.29) is 23.2 Å². The van der Waals surface area contributed by atoms with Gasteiger partial charge in [0.25, 0.3) is 0 Å². The average molecular weight is 490 g/mol. The van der Waals surface area contributed by atoms with E-state index in [9.17, 15) is 8.78 Å². The highest BCUT2D eigenvalue weighted by Crippen LogP contribution is 2.39. The smallest absolute Gasteiger partial charge is 0.229 e. The van der Waals surface area contributed by atoms with Crippen molar-refractivity contribution < 1.29 is 8.78 Å². The lowest BCUT2D eigenvalue weighted by Crippen LogP contribution is -2.39. The zero-order valence-corrected chi connectivity index (χ0v) is 20.7. The first kappa shape index (κ1) is 22.8. The molecule has 186 valence electrons. The number of aromatic nitrogens is 5. The number of imidazole rings is 1. The van der Waals surface area contributed by atoms with E-state index in [1.165, 1.54) is 38.2 Å². The van der Waals surface area contributed by atoms with Gasteiger partial charge in [-0.15, -0.1) is 0 Å². The molecule has 4 aromatic rings. The molecule has 5 heterocycles. The molecule has 2 fully saturated rings. The molecule has 2 aliphatic heterocycles. The number of benzene rings is 1. The molecule has 0 spiro atoms. The maximum Gasteiger partial charge on any atom is 0.229 e.